The molecule has 0 radical (unpaired) electrons. The third-order valence-electron chi connectivity index (χ3n) is 2.28. The quantitative estimate of drug-likeness (QED) is 0.740. The van der Waals surface area contributed by atoms with E-state index in [1.165, 1.54) is 0 Å². The molecule has 1 saturated carbocycles. The smallest absolute Gasteiger partial charge is 0.257 e. The molecular formula is C9H14F3NO. The van der Waals surface area contributed by atoms with E-state index in [-0.39, 0.29) is 19.3 Å². The standard InChI is InChI=1S/C9H14F3NO/c1-8(2,10)7(14)13-6-3-4-9(11,12)5-6/h6H,3-5H2,1-2H3,(H,13,14). The number of hydrogen-bond donors (Lipinski definition) is 1. The molecule has 5 heteroatoms. The summed E-state index contributed by atoms with van der Waals surface area (Å²) in [5.41, 5.74) is -2.00. The molecule has 2 nitrogen and oxygen atoms in total. The molecule has 0 heterocycles. The van der Waals surface area contributed by atoms with E-state index >= 15 is 0 Å². The molecule has 1 unspecified atom stereocenters. The van der Waals surface area contributed by atoms with Gasteiger partial charge in [-0.05, 0) is 20.3 Å². The van der Waals surface area contributed by atoms with Gasteiger partial charge in [0.2, 0.25) is 5.92 Å². The highest BCUT2D eigenvalue weighted by molar-refractivity contribution is 5.84. The summed E-state index contributed by atoms with van der Waals surface area (Å²) in [6.07, 6.45) is -0.395. The van der Waals surface area contributed by atoms with Gasteiger partial charge in [-0.2, -0.15) is 0 Å². The number of carbonyl (C=O) groups is 1. The van der Waals surface area contributed by atoms with E-state index in [9.17, 15) is 18.0 Å². The van der Waals surface area contributed by atoms with Gasteiger partial charge < -0.3 is 5.32 Å². The number of nitrogens with one attached hydrogen (secondary N) is 1. The number of alkyl halides is 3. The molecule has 1 fully saturated rings. The summed E-state index contributed by atoms with van der Waals surface area (Å²) in [7, 11) is 0. The highest BCUT2D eigenvalue weighted by atomic mass is 19.3. The van der Waals surface area contributed by atoms with Crippen molar-refractivity contribution in [1.29, 1.82) is 0 Å². The Morgan fingerprint density at radius 3 is 2.43 bits per heavy atom. The fraction of sp³-hybridized carbons (Fsp3) is 0.889. The van der Waals surface area contributed by atoms with E-state index in [2.05, 4.69) is 5.32 Å². The average Bonchev–Trinajstić information content (AvgIpc) is 2.28. The molecule has 1 aliphatic rings. The third kappa shape index (κ3) is 2.89. The Kier molecular flexibility index (Phi) is 2.78. The van der Waals surface area contributed by atoms with E-state index < -0.39 is 23.5 Å². The molecule has 1 atom stereocenters. The van der Waals surface area contributed by atoms with E-state index in [1.807, 2.05) is 0 Å². The molecule has 82 valence electrons. The van der Waals surface area contributed by atoms with Crippen LogP contribution in [0.3, 0.4) is 0 Å². The second kappa shape index (κ2) is 3.44. The van der Waals surface area contributed by atoms with Crippen molar-refractivity contribution < 1.29 is 18.0 Å². The molecule has 0 spiro atoms. The highest BCUT2D eigenvalue weighted by Crippen LogP contribution is 2.34. The second-order valence-electron chi connectivity index (χ2n) is 4.24. The number of carbonyl (C=O) groups excluding carboxylic acids is 1. The van der Waals surface area contributed by atoms with Crippen molar-refractivity contribution >= 4 is 5.91 Å². The molecule has 0 aromatic carbocycles. The van der Waals surface area contributed by atoms with E-state index in [4.69, 9.17) is 0 Å². The first kappa shape index (κ1) is 11.3. The fourth-order valence-electron chi connectivity index (χ4n) is 1.43. The average molecular weight is 209 g/mol. The van der Waals surface area contributed by atoms with Gasteiger partial charge in [0.15, 0.2) is 5.67 Å². The molecule has 1 N–H and O–H groups in total. The minimum atomic E-state index is -2.71. The highest BCUT2D eigenvalue weighted by Gasteiger charge is 2.41. The minimum absolute atomic E-state index is 0.217. The van der Waals surface area contributed by atoms with Crippen molar-refractivity contribution in [3.05, 3.63) is 0 Å². The SMILES string of the molecule is CC(C)(F)C(=O)NC1CCC(F)(F)C1. The first-order chi connectivity index (χ1) is 6.21. The van der Waals surface area contributed by atoms with E-state index in [1.54, 1.807) is 0 Å². The van der Waals surface area contributed by atoms with Crippen LogP contribution in [0.15, 0.2) is 0 Å². The molecule has 1 rings (SSSR count). The lowest BCUT2D eigenvalue weighted by Gasteiger charge is -2.18. The lowest BCUT2D eigenvalue weighted by atomic mass is 10.1. The van der Waals surface area contributed by atoms with Gasteiger partial charge in [-0.1, -0.05) is 0 Å². The number of halogens is 3. The van der Waals surface area contributed by atoms with Crippen molar-refractivity contribution in [2.24, 2.45) is 0 Å². The van der Waals surface area contributed by atoms with Crippen LogP contribution in [0.1, 0.15) is 33.1 Å². The van der Waals surface area contributed by atoms with Crippen molar-refractivity contribution in [3.8, 4) is 0 Å². The van der Waals surface area contributed by atoms with Gasteiger partial charge >= 0.3 is 0 Å². The summed E-state index contributed by atoms with van der Waals surface area (Å²) < 4.78 is 38.4. The number of amides is 1. The predicted octanol–water partition coefficient (Wildman–Crippen LogP) is 2.04. The molecule has 1 amide bonds. The number of rotatable bonds is 2. The topological polar surface area (TPSA) is 29.1 Å². The zero-order valence-electron chi connectivity index (χ0n) is 8.24. The van der Waals surface area contributed by atoms with Crippen molar-refractivity contribution in [2.45, 2.75) is 50.7 Å². The minimum Gasteiger partial charge on any atom is -0.350 e. The molecule has 0 aromatic rings. The summed E-state index contributed by atoms with van der Waals surface area (Å²) in [4.78, 5) is 11.1. The summed E-state index contributed by atoms with van der Waals surface area (Å²) >= 11 is 0. The van der Waals surface area contributed by atoms with Crippen LogP contribution in [0.4, 0.5) is 13.2 Å². The molecule has 0 aromatic heterocycles. The van der Waals surface area contributed by atoms with Crippen molar-refractivity contribution in [1.82, 2.24) is 5.32 Å². The van der Waals surface area contributed by atoms with Crippen LogP contribution < -0.4 is 5.32 Å². The van der Waals surface area contributed by atoms with Crippen LogP contribution >= 0.6 is 0 Å². The Morgan fingerprint density at radius 2 is 2.07 bits per heavy atom. The van der Waals surface area contributed by atoms with Crippen molar-refractivity contribution in [2.75, 3.05) is 0 Å². The van der Waals surface area contributed by atoms with Gasteiger partial charge in [0.05, 0.1) is 0 Å². The van der Waals surface area contributed by atoms with Gasteiger partial charge in [0.25, 0.3) is 5.91 Å². The summed E-state index contributed by atoms with van der Waals surface area (Å²) in [5, 5.41) is 2.28. The van der Waals surface area contributed by atoms with Crippen LogP contribution in [0.2, 0.25) is 0 Å². The van der Waals surface area contributed by atoms with Gasteiger partial charge in [0.1, 0.15) is 0 Å². The Hall–Kier alpha value is -0.740. The molecule has 0 aliphatic heterocycles. The van der Waals surface area contributed by atoms with Gasteiger partial charge in [0, 0.05) is 18.9 Å². The van der Waals surface area contributed by atoms with E-state index in [0.29, 0.717) is 0 Å². The van der Waals surface area contributed by atoms with Crippen molar-refractivity contribution in [3.63, 3.8) is 0 Å². The van der Waals surface area contributed by atoms with Crippen LogP contribution in [0, 0.1) is 0 Å². The lowest BCUT2D eigenvalue weighted by molar-refractivity contribution is -0.131. The fourth-order valence-corrected chi connectivity index (χ4v) is 1.43. The Morgan fingerprint density at radius 1 is 1.50 bits per heavy atom. The maximum Gasteiger partial charge on any atom is 0.257 e. The van der Waals surface area contributed by atoms with Crippen LogP contribution in [0.5, 0.6) is 0 Å². The van der Waals surface area contributed by atoms with Crippen LogP contribution in [-0.4, -0.2) is 23.5 Å². The lowest BCUT2D eigenvalue weighted by Crippen LogP contribution is -2.43. The monoisotopic (exact) mass is 209 g/mol. The Labute approximate surface area is 80.9 Å². The molecule has 0 bridgehead atoms. The first-order valence-corrected chi connectivity index (χ1v) is 4.58. The van der Waals surface area contributed by atoms with E-state index in [0.717, 1.165) is 13.8 Å². The first-order valence-electron chi connectivity index (χ1n) is 4.58. The summed E-state index contributed by atoms with van der Waals surface area (Å²) in [6.45, 7) is 2.21. The van der Waals surface area contributed by atoms with Crippen LogP contribution in [0.25, 0.3) is 0 Å². The zero-order chi connectivity index (χ0) is 11.0. The second-order valence-corrected chi connectivity index (χ2v) is 4.24. The predicted molar refractivity (Wildman–Crippen MR) is 45.9 cm³/mol. The molecule has 1 aliphatic carbocycles. The maximum atomic E-state index is 13.0. The normalized spacial score (nSPS) is 26.2. The molecule has 0 saturated heterocycles. The largest absolute Gasteiger partial charge is 0.350 e. The van der Waals surface area contributed by atoms with Crippen LogP contribution in [-0.2, 0) is 4.79 Å². The Bertz CT molecular complexity index is 235. The van der Waals surface area contributed by atoms with Gasteiger partial charge in [-0.3, -0.25) is 4.79 Å². The third-order valence-corrected chi connectivity index (χ3v) is 2.28. The molecule has 14 heavy (non-hydrogen) atoms. The maximum absolute atomic E-state index is 13.0. The number of hydrogen-bond acceptors (Lipinski definition) is 1. The van der Waals surface area contributed by atoms with Gasteiger partial charge in [-0.15, -0.1) is 0 Å². The summed E-state index contributed by atoms with van der Waals surface area (Å²) in [5.74, 6) is -3.53. The molecular weight excluding hydrogens is 195 g/mol. The Balaban J connectivity index is 2.44. The summed E-state index contributed by atoms with van der Waals surface area (Å²) in [6, 6.07) is -0.590. The zero-order valence-corrected chi connectivity index (χ0v) is 8.24. The van der Waals surface area contributed by atoms with Gasteiger partial charge in [-0.25, -0.2) is 13.2 Å².